The molecular formula is C39H43N3O7S2. The number of esters is 1. The molecule has 6 rings (SSSR count). The SMILES string of the molecule is CN(/C=C/C(OC(=O)C(O)(c1cccs1)c1cccs1)C1CCC1)CCCOc1ccc(CNCC(O)c2ccc(O)c3[nH]c(=O)ccc23)cc1. The molecule has 51 heavy (non-hydrogen) atoms. The fraction of sp³-hybridized carbons (Fsp3) is 0.333. The first kappa shape index (κ1) is 36.3. The molecular weight excluding hydrogens is 687 g/mol. The quantitative estimate of drug-likeness (QED) is 0.0572. The molecule has 1 saturated carbocycles. The second-order valence-electron chi connectivity index (χ2n) is 12.8. The second-order valence-corrected chi connectivity index (χ2v) is 14.7. The largest absolute Gasteiger partial charge is 0.506 e. The van der Waals surface area contributed by atoms with Gasteiger partial charge in [0.2, 0.25) is 11.2 Å². The van der Waals surface area contributed by atoms with Gasteiger partial charge >= 0.3 is 5.97 Å². The van der Waals surface area contributed by atoms with Crippen LogP contribution in [0.2, 0.25) is 0 Å². The minimum Gasteiger partial charge on any atom is -0.506 e. The molecule has 0 bridgehead atoms. The van der Waals surface area contributed by atoms with Gasteiger partial charge in [0.05, 0.1) is 28.0 Å². The van der Waals surface area contributed by atoms with Gasteiger partial charge in [0.25, 0.3) is 0 Å². The predicted molar refractivity (Wildman–Crippen MR) is 200 cm³/mol. The summed E-state index contributed by atoms with van der Waals surface area (Å²) in [4.78, 5) is 31.0. The minimum absolute atomic E-state index is 0.0408. The molecule has 1 aliphatic carbocycles. The molecule has 0 aliphatic heterocycles. The first-order valence-electron chi connectivity index (χ1n) is 17.1. The topological polar surface area (TPSA) is 144 Å². The summed E-state index contributed by atoms with van der Waals surface area (Å²) in [6.07, 6.45) is 6.48. The fourth-order valence-electron chi connectivity index (χ4n) is 6.09. The van der Waals surface area contributed by atoms with Gasteiger partial charge < -0.3 is 40.0 Å². The van der Waals surface area contributed by atoms with E-state index in [0.29, 0.717) is 39.4 Å². The molecule has 1 fully saturated rings. The normalized spacial score (nSPS) is 14.7. The van der Waals surface area contributed by atoms with Crippen molar-refractivity contribution in [3.05, 3.63) is 127 Å². The highest BCUT2D eigenvalue weighted by atomic mass is 32.1. The number of carbonyl (C=O) groups is 1. The number of pyridine rings is 1. The van der Waals surface area contributed by atoms with Crippen molar-refractivity contribution in [1.82, 2.24) is 15.2 Å². The van der Waals surface area contributed by atoms with E-state index in [1.54, 1.807) is 24.3 Å². The van der Waals surface area contributed by atoms with Crippen LogP contribution >= 0.6 is 22.7 Å². The predicted octanol–water partition coefficient (Wildman–Crippen LogP) is 6.04. The molecule has 2 aromatic carbocycles. The van der Waals surface area contributed by atoms with Crippen LogP contribution in [0.25, 0.3) is 10.9 Å². The number of aromatic nitrogens is 1. The van der Waals surface area contributed by atoms with Gasteiger partial charge in [0.1, 0.15) is 17.6 Å². The maximum atomic E-state index is 13.6. The Morgan fingerprint density at radius 3 is 2.43 bits per heavy atom. The van der Waals surface area contributed by atoms with Crippen LogP contribution < -0.4 is 15.6 Å². The third-order valence-electron chi connectivity index (χ3n) is 9.22. The fourth-order valence-corrected chi connectivity index (χ4v) is 7.80. The van der Waals surface area contributed by atoms with E-state index in [0.717, 1.165) is 43.5 Å². The Bertz CT molecular complexity index is 1920. The highest BCUT2D eigenvalue weighted by Crippen LogP contribution is 2.39. The average Bonchev–Trinajstić information content (AvgIpc) is 3.85. The van der Waals surface area contributed by atoms with Crippen LogP contribution in [0.3, 0.4) is 0 Å². The van der Waals surface area contributed by atoms with Crippen LogP contribution in [0.15, 0.2) is 101 Å². The molecule has 10 nitrogen and oxygen atoms in total. The zero-order chi connectivity index (χ0) is 35.8. The number of carbonyl (C=O) groups excluding carboxylic acids is 1. The Morgan fingerprint density at radius 2 is 1.78 bits per heavy atom. The van der Waals surface area contributed by atoms with Crippen molar-refractivity contribution in [2.24, 2.45) is 5.92 Å². The van der Waals surface area contributed by atoms with Gasteiger partial charge in [-0.3, -0.25) is 4.79 Å². The number of fused-ring (bicyclic) bond motifs is 1. The van der Waals surface area contributed by atoms with E-state index in [2.05, 4.69) is 15.2 Å². The summed E-state index contributed by atoms with van der Waals surface area (Å²) in [5.74, 6) is 0.309. The Balaban J connectivity index is 0.940. The smallest absolute Gasteiger partial charge is 0.350 e. The summed E-state index contributed by atoms with van der Waals surface area (Å²) in [5, 5.41) is 40.1. The highest BCUT2D eigenvalue weighted by Gasteiger charge is 2.45. The van der Waals surface area contributed by atoms with E-state index >= 15 is 0 Å². The van der Waals surface area contributed by atoms with E-state index in [1.165, 1.54) is 34.8 Å². The van der Waals surface area contributed by atoms with Crippen molar-refractivity contribution in [3.63, 3.8) is 0 Å². The lowest BCUT2D eigenvalue weighted by atomic mass is 9.81. The Kier molecular flexibility index (Phi) is 11.9. The van der Waals surface area contributed by atoms with E-state index in [1.807, 2.05) is 66.5 Å². The number of ether oxygens (including phenoxy) is 2. The van der Waals surface area contributed by atoms with Crippen LogP contribution in [0.4, 0.5) is 0 Å². The summed E-state index contributed by atoms with van der Waals surface area (Å²) in [5.41, 5.74) is -0.188. The van der Waals surface area contributed by atoms with E-state index < -0.39 is 23.8 Å². The minimum atomic E-state index is -1.83. The third-order valence-corrected chi connectivity index (χ3v) is 11.2. The van der Waals surface area contributed by atoms with Crippen molar-refractivity contribution < 1.29 is 29.6 Å². The number of aliphatic hydroxyl groups is 2. The number of phenolic OH excluding ortho intramolecular Hbond substituents is 1. The Morgan fingerprint density at radius 1 is 1.06 bits per heavy atom. The van der Waals surface area contributed by atoms with Gasteiger partial charge in [-0.1, -0.05) is 36.8 Å². The van der Waals surface area contributed by atoms with E-state index in [-0.39, 0.29) is 23.8 Å². The van der Waals surface area contributed by atoms with Gasteiger partial charge in [-0.05, 0) is 95.7 Å². The van der Waals surface area contributed by atoms with Crippen LogP contribution in [0.5, 0.6) is 11.5 Å². The lowest BCUT2D eigenvalue weighted by Gasteiger charge is -2.34. The van der Waals surface area contributed by atoms with Gasteiger partial charge in [-0.2, -0.15) is 0 Å². The van der Waals surface area contributed by atoms with E-state index in [9.17, 15) is 24.9 Å². The van der Waals surface area contributed by atoms with Gasteiger partial charge in [0.15, 0.2) is 0 Å². The molecule has 2 atom stereocenters. The number of aliphatic hydroxyl groups excluding tert-OH is 1. The maximum Gasteiger partial charge on any atom is 0.350 e. The molecule has 0 spiro atoms. The standard InChI is InChI=1S/C39H43N3O7S2/c1-42(20-18-33(27-6-2-7-27)49-38(46)39(47,34-8-3-22-50-34)35-9-4-23-51-35)19-5-21-48-28-12-10-26(11-13-28)24-40-25-32(44)29-14-16-31(43)37-30(29)15-17-36(45)41-37/h3-4,8-18,20,22-23,27,32-33,40,43-44,47H,2,5-7,19,21,24-25H2,1H3,(H,41,45)/b20-18+. The summed E-state index contributed by atoms with van der Waals surface area (Å²) in [6.45, 7) is 2.10. The zero-order valence-electron chi connectivity index (χ0n) is 28.4. The lowest BCUT2D eigenvalue weighted by Crippen LogP contribution is -2.41. The molecule has 0 amide bonds. The van der Waals surface area contributed by atoms with Crippen molar-refractivity contribution in [1.29, 1.82) is 0 Å². The summed E-state index contributed by atoms with van der Waals surface area (Å²) in [6, 6.07) is 21.1. The number of phenols is 1. The summed E-state index contributed by atoms with van der Waals surface area (Å²) in [7, 11) is 1.98. The van der Waals surface area contributed by atoms with E-state index in [4.69, 9.17) is 9.47 Å². The molecule has 3 aromatic heterocycles. The molecule has 5 aromatic rings. The van der Waals surface area contributed by atoms with Crippen molar-refractivity contribution in [2.45, 2.75) is 50.0 Å². The monoisotopic (exact) mass is 729 g/mol. The Labute approximate surface area is 304 Å². The third kappa shape index (κ3) is 8.71. The molecule has 12 heteroatoms. The number of thiophene rings is 2. The lowest BCUT2D eigenvalue weighted by molar-refractivity contribution is -0.168. The molecule has 0 saturated heterocycles. The number of nitrogens with one attached hydrogen (secondary N) is 2. The molecule has 0 radical (unpaired) electrons. The van der Waals surface area contributed by atoms with Crippen molar-refractivity contribution >= 4 is 39.5 Å². The number of nitrogens with zero attached hydrogens (tertiary/aromatic N) is 1. The first-order chi connectivity index (χ1) is 24.7. The number of aromatic amines is 1. The first-order valence-corrected chi connectivity index (χ1v) is 18.8. The average molecular weight is 730 g/mol. The van der Waals surface area contributed by atoms with Gasteiger partial charge in [-0.15, -0.1) is 22.7 Å². The van der Waals surface area contributed by atoms with Crippen molar-refractivity contribution in [3.8, 4) is 11.5 Å². The number of hydrogen-bond acceptors (Lipinski definition) is 11. The van der Waals surface area contributed by atoms with Crippen molar-refractivity contribution in [2.75, 3.05) is 26.7 Å². The van der Waals surface area contributed by atoms with Gasteiger partial charge in [0, 0.05) is 38.1 Å². The maximum absolute atomic E-state index is 13.6. The number of hydrogen-bond donors (Lipinski definition) is 5. The Hall–Kier alpha value is -4.46. The number of H-pyrrole nitrogens is 1. The van der Waals surface area contributed by atoms with Crippen LogP contribution in [0, 0.1) is 5.92 Å². The number of rotatable bonds is 17. The molecule has 2 unspecified atom stereocenters. The summed E-state index contributed by atoms with van der Waals surface area (Å²) >= 11 is 2.67. The molecule has 1 aliphatic rings. The second kappa shape index (κ2) is 16.7. The van der Waals surface area contributed by atoms with Crippen LogP contribution in [0.1, 0.15) is 52.7 Å². The van der Waals surface area contributed by atoms with Crippen LogP contribution in [-0.2, 0) is 21.7 Å². The number of benzene rings is 2. The summed E-state index contributed by atoms with van der Waals surface area (Å²) < 4.78 is 12.0. The molecule has 3 heterocycles. The zero-order valence-corrected chi connectivity index (χ0v) is 30.0. The molecule has 268 valence electrons. The highest BCUT2D eigenvalue weighted by molar-refractivity contribution is 7.12. The van der Waals surface area contributed by atoms with Gasteiger partial charge in [-0.25, -0.2) is 4.79 Å². The van der Waals surface area contributed by atoms with Crippen LogP contribution in [-0.4, -0.2) is 64.0 Å². The molecule has 5 N–H and O–H groups in total. The number of aromatic hydroxyl groups is 1.